The molecule has 0 aliphatic rings. The van der Waals surface area contributed by atoms with Crippen LogP contribution in [0.4, 0.5) is 0 Å². The zero-order valence-electron chi connectivity index (χ0n) is 11.6. The summed E-state index contributed by atoms with van der Waals surface area (Å²) in [5.41, 5.74) is 5.24. The van der Waals surface area contributed by atoms with Crippen molar-refractivity contribution in [3.05, 3.63) is 52.7 Å². The van der Waals surface area contributed by atoms with Crippen molar-refractivity contribution in [2.24, 2.45) is 5.73 Å². The number of ketones is 1. The molecule has 0 radical (unpaired) electrons. The van der Waals surface area contributed by atoms with Crippen molar-refractivity contribution < 1.29 is 18.0 Å². The molecule has 1 atom stereocenters. The Balaban J connectivity index is 2.17. The summed E-state index contributed by atoms with van der Waals surface area (Å²) in [4.78, 5) is 24.1. The molecular formula is C15H15NO4S2. The molecule has 0 saturated carbocycles. The number of carbonyl (C=O) groups excluding carboxylic acids is 2. The molecule has 1 aromatic heterocycles. The fourth-order valence-corrected chi connectivity index (χ4v) is 4.34. The number of nitrogens with two attached hydrogens (primary N) is 1. The molecule has 1 aromatic carbocycles. The average molecular weight is 337 g/mol. The van der Waals surface area contributed by atoms with Gasteiger partial charge in [0.15, 0.2) is 15.6 Å². The van der Waals surface area contributed by atoms with Crippen LogP contribution in [0.2, 0.25) is 0 Å². The molecule has 5 nitrogen and oxygen atoms in total. The summed E-state index contributed by atoms with van der Waals surface area (Å²) < 4.78 is 24.9. The lowest BCUT2D eigenvalue weighted by atomic mass is 10.1. The first kappa shape index (κ1) is 16.4. The highest BCUT2D eigenvalue weighted by Crippen LogP contribution is 2.21. The van der Waals surface area contributed by atoms with E-state index in [1.807, 2.05) is 0 Å². The summed E-state index contributed by atoms with van der Waals surface area (Å²) in [5.74, 6) is -1.13. The van der Waals surface area contributed by atoms with Crippen LogP contribution in [0.25, 0.3) is 0 Å². The number of hydrogen-bond donors (Lipinski definition) is 1. The highest BCUT2D eigenvalue weighted by molar-refractivity contribution is 7.92. The first-order chi connectivity index (χ1) is 10.4. The Hall–Kier alpha value is -1.99. The largest absolute Gasteiger partial charge is 0.369 e. The van der Waals surface area contributed by atoms with Gasteiger partial charge in [-0.05, 0) is 30.0 Å². The summed E-state index contributed by atoms with van der Waals surface area (Å²) in [6.07, 6.45) is -0.163. The molecule has 22 heavy (non-hydrogen) atoms. The Kier molecular flexibility index (Phi) is 5.10. The predicted molar refractivity (Wildman–Crippen MR) is 84.5 cm³/mol. The normalized spacial score (nSPS) is 12.7. The van der Waals surface area contributed by atoms with Crippen LogP contribution >= 0.6 is 11.3 Å². The lowest BCUT2D eigenvalue weighted by Crippen LogP contribution is -2.36. The van der Waals surface area contributed by atoms with Gasteiger partial charge in [0.1, 0.15) is 5.25 Å². The summed E-state index contributed by atoms with van der Waals surface area (Å²) in [6, 6.07) is 11.0. The third-order valence-corrected chi connectivity index (χ3v) is 6.25. The van der Waals surface area contributed by atoms with Crippen LogP contribution in [0, 0.1) is 0 Å². The van der Waals surface area contributed by atoms with Crippen molar-refractivity contribution >= 4 is 32.9 Å². The van der Waals surface area contributed by atoms with Crippen molar-refractivity contribution in [3.63, 3.8) is 0 Å². The second-order valence-electron chi connectivity index (χ2n) is 4.69. The maximum Gasteiger partial charge on any atom is 0.236 e. The van der Waals surface area contributed by atoms with Gasteiger partial charge in [-0.3, -0.25) is 9.59 Å². The van der Waals surface area contributed by atoms with E-state index < -0.39 is 21.0 Å². The maximum atomic E-state index is 12.5. The molecular weight excluding hydrogens is 322 g/mol. The highest BCUT2D eigenvalue weighted by Gasteiger charge is 2.32. The van der Waals surface area contributed by atoms with Crippen LogP contribution in [0.1, 0.15) is 22.5 Å². The average Bonchev–Trinajstić information content (AvgIpc) is 3.02. The summed E-state index contributed by atoms with van der Waals surface area (Å²) >= 11 is 1.28. The summed E-state index contributed by atoms with van der Waals surface area (Å²) in [6.45, 7) is 0. The molecule has 0 aliphatic carbocycles. The second kappa shape index (κ2) is 6.85. The third-order valence-electron chi connectivity index (χ3n) is 3.19. The van der Waals surface area contributed by atoms with E-state index >= 15 is 0 Å². The Morgan fingerprint density at radius 1 is 1.09 bits per heavy atom. The first-order valence-corrected chi connectivity index (χ1v) is 9.00. The monoisotopic (exact) mass is 337 g/mol. The fraction of sp³-hybridized carbons (Fsp3) is 0.200. The van der Waals surface area contributed by atoms with Gasteiger partial charge in [-0.15, -0.1) is 11.3 Å². The Morgan fingerprint density at radius 3 is 2.32 bits per heavy atom. The van der Waals surface area contributed by atoms with Crippen LogP contribution in [0.3, 0.4) is 0 Å². The van der Waals surface area contributed by atoms with Crippen LogP contribution in [-0.2, 0) is 14.6 Å². The molecule has 0 aliphatic heterocycles. The van der Waals surface area contributed by atoms with Crippen LogP contribution in [0.5, 0.6) is 0 Å². The number of primary amides is 1. The molecule has 0 saturated heterocycles. The summed E-state index contributed by atoms with van der Waals surface area (Å²) in [7, 11) is -3.89. The van der Waals surface area contributed by atoms with Gasteiger partial charge in [0.2, 0.25) is 5.91 Å². The zero-order valence-corrected chi connectivity index (χ0v) is 13.3. The van der Waals surface area contributed by atoms with Crippen molar-refractivity contribution in [1.82, 2.24) is 0 Å². The molecule has 2 aromatic rings. The Labute approximate surface area is 132 Å². The topological polar surface area (TPSA) is 94.3 Å². The van der Waals surface area contributed by atoms with Gasteiger partial charge in [0.25, 0.3) is 0 Å². The van der Waals surface area contributed by atoms with E-state index in [1.165, 1.54) is 23.5 Å². The van der Waals surface area contributed by atoms with E-state index in [0.29, 0.717) is 4.88 Å². The van der Waals surface area contributed by atoms with E-state index in [-0.39, 0.29) is 23.5 Å². The molecule has 0 bridgehead atoms. The Morgan fingerprint density at radius 2 is 1.77 bits per heavy atom. The molecule has 2 N–H and O–H groups in total. The van der Waals surface area contributed by atoms with Crippen molar-refractivity contribution in [1.29, 1.82) is 0 Å². The maximum absolute atomic E-state index is 12.5. The lowest BCUT2D eigenvalue weighted by Gasteiger charge is -2.14. The quantitative estimate of drug-likeness (QED) is 0.782. The van der Waals surface area contributed by atoms with Gasteiger partial charge in [0.05, 0.1) is 9.77 Å². The van der Waals surface area contributed by atoms with Gasteiger partial charge in [-0.1, -0.05) is 24.3 Å². The van der Waals surface area contributed by atoms with Crippen molar-refractivity contribution in [2.45, 2.75) is 23.0 Å². The van der Waals surface area contributed by atoms with E-state index in [9.17, 15) is 18.0 Å². The Bertz CT molecular complexity index is 752. The smallest absolute Gasteiger partial charge is 0.236 e. The van der Waals surface area contributed by atoms with Gasteiger partial charge >= 0.3 is 0 Å². The number of hydrogen-bond acceptors (Lipinski definition) is 5. The van der Waals surface area contributed by atoms with Crippen LogP contribution in [-0.4, -0.2) is 25.4 Å². The first-order valence-electron chi connectivity index (χ1n) is 6.58. The lowest BCUT2D eigenvalue weighted by molar-refractivity contribution is -0.117. The molecule has 7 heteroatoms. The van der Waals surface area contributed by atoms with Gasteiger partial charge in [0, 0.05) is 6.42 Å². The van der Waals surface area contributed by atoms with E-state index in [1.54, 1.807) is 35.7 Å². The second-order valence-corrected chi connectivity index (χ2v) is 7.77. The third kappa shape index (κ3) is 3.61. The van der Waals surface area contributed by atoms with E-state index in [4.69, 9.17) is 5.73 Å². The van der Waals surface area contributed by atoms with Crippen molar-refractivity contribution in [2.75, 3.05) is 0 Å². The van der Waals surface area contributed by atoms with E-state index in [0.717, 1.165) is 0 Å². The number of benzene rings is 1. The van der Waals surface area contributed by atoms with Gasteiger partial charge in [-0.2, -0.15) is 0 Å². The minimum absolute atomic E-state index is 0.0300. The molecule has 1 heterocycles. The minimum atomic E-state index is -3.89. The molecule has 1 amide bonds. The molecule has 1 unspecified atom stereocenters. The number of rotatable bonds is 7. The number of amides is 1. The minimum Gasteiger partial charge on any atom is -0.369 e. The zero-order chi connectivity index (χ0) is 16.2. The molecule has 0 spiro atoms. The molecule has 0 fully saturated rings. The number of sulfone groups is 1. The highest BCUT2D eigenvalue weighted by atomic mass is 32.2. The standard InChI is InChI=1S/C15H15NO4S2/c16-15(18)14(9-8-12(17)13-7-4-10-21-13)22(19,20)11-5-2-1-3-6-11/h1-7,10,14H,8-9H2,(H2,16,18). The van der Waals surface area contributed by atoms with Crippen LogP contribution in [0.15, 0.2) is 52.7 Å². The number of Topliss-reactive ketones (excluding diaryl/α,β-unsaturated/α-hetero) is 1. The van der Waals surface area contributed by atoms with Crippen LogP contribution < -0.4 is 5.73 Å². The van der Waals surface area contributed by atoms with Gasteiger partial charge in [-0.25, -0.2) is 8.42 Å². The van der Waals surface area contributed by atoms with Crippen molar-refractivity contribution in [3.8, 4) is 0 Å². The fourth-order valence-electron chi connectivity index (χ4n) is 2.05. The predicted octanol–water partition coefficient (Wildman–Crippen LogP) is 2.04. The number of carbonyl (C=O) groups is 2. The molecule has 2 rings (SSSR count). The summed E-state index contributed by atoms with van der Waals surface area (Å²) in [5, 5.41) is 0.360. The van der Waals surface area contributed by atoms with Gasteiger partial charge < -0.3 is 5.73 Å². The van der Waals surface area contributed by atoms with E-state index in [2.05, 4.69) is 0 Å². The molecule has 116 valence electrons. The SMILES string of the molecule is NC(=O)C(CCC(=O)c1cccs1)S(=O)(=O)c1ccccc1. The number of thiophene rings is 1.